The van der Waals surface area contributed by atoms with Crippen LogP contribution in [0.15, 0.2) is 26.7 Å². The molecule has 0 aromatic carbocycles. The Morgan fingerprint density at radius 2 is 2.04 bits per heavy atom. The summed E-state index contributed by atoms with van der Waals surface area (Å²) in [6, 6.07) is 3.63. The van der Waals surface area contributed by atoms with E-state index < -0.39 is 10.0 Å². The van der Waals surface area contributed by atoms with E-state index in [0.717, 1.165) is 32.5 Å². The van der Waals surface area contributed by atoms with Gasteiger partial charge in [0.15, 0.2) is 5.96 Å². The van der Waals surface area contributed by atoms with Crippen LogP contribution in [-0.2, 0) is 10.0 Å². The van der Waals surface area contributed by atoms with Crippen molar-refractivity contribution in [1.82, 2.24) is 20.3 Å². The largest absolute Gasteiger partial charge is 0.355 e. The first-order chi connectivity index (χ1) is 12.4. The minimum absolute atomic E-state index is 0.303. The van der Waals surface area contributed by atoms with Crippen LogP contribution in [0.4, 0.5) is 0 Å². The van der Waals surface area contributed by atoms with Crippen molar-refractivity contribution in [2.24, 2.45) is 4.99 Å². The lowest BCUT2D eigenvalue weighted by molar-refractivity contribution is 0.292. The third-order valence-corrected chi connectivity index (χ3v) is 6.94. The Morgan fingerprint density at radius 1 is 1.31 bits per heavy atom. The predicted molar refractivity (Wildman–Crippen MR) is 110 cm³/mol. The van der Waals surface area contributed by atoms with Gasteiger partial charge in [-0.2, -0.15) is 0 Å². The molecule has 0 spiro atoms. The minimum atomic E-state index is -3.41. The van der Waals surface area contributed by atoms with E-state index in [0.29, 0.717) is 29.3 Å². The van der Waals surface area contributed by atoms with Crippen molar-refractivity contribution in [2.45, 2.75) is 43.9 Å². The van der Waals surface area contributed by atoms with Gasteiger partial charge >= 0.3 is 0 Å². The van der Waals surface area contributed by atoms with Gasteiger partial charge in [0.25, 0.3) is 0 Å². The lowest BCUT2D eigenvalue weighted by atomic mass is 10.2. The van der Waals surface area contributed by atoms with Crippen LogP contribution >= 0.6 is 11.3 Å². The first kappa shape index (κ1) is 22.9. The van der Waals surface area contributed by atoms with E-state index in [1.807, 2.05) is 0 Å². The lowest BCUT2D eigenvalue weighted by Crippen LogP contribution is -2.45. The highest BCUT2D eigenvalue weighted by atomic mass is 32.2. The van der Waals surface area contributed by atoms with E-state index in [1.165, 1.54) is 11.3 Å². The molecule has 150 valence electrons. The van der Waals surface area contributed by atoms with Crippen LogP contribution in [0.25, 0.3) is 0 Å². The highest BCUT2D eigenvalue weighted by molar-refractivity contribution is 7.91. The topological polar surface area (TPSA) is 85.8 Å². The molecule has 9 heteroatoms. The Balaban J connectivity index is 2.26. The number of guanidine groups is 1. The maximum absolute atomic E-state index is 12.0. The standard InChI is InChI=1S/C17H33N5O2S2/c1-5-22(6-2)13-7-9-15(3)21-17(18-4)19-11-12-20-26(23,24)16-10-8-14-25-16/h8,10,14-15,20H,5-7,9,11-13H2,1-4H3,(H2,18,19,21). The van der Waals surface area contributed by atoms with E-state index in [9.17, 15) is 8.42 Å². The summed E-state index contributed by atoms with van der Waals surface area (Å²) in [6.45, 7) is 10.6. The zero-order chi connectivity index (χ0) is 19.4. The quantitative estimate of drug-likeness (QED) is 0.281. The molecule has 1 aromatic rings. The second kappa shape index (κ2) is 12.3. The van der Waals surface area contributed by atoms with Crippen molar-refractivity contribution in [3.8, 4) is 0 Å². The van der Waals surface area contributed by atoms with Crippen molar-refractivity contribution in [3.05, 3.63) is 17.5 Å². The smallest absolute Gasteiger partial charge is 0.250 e. The average molecular weight is 404 g/mol. The molecule has 0 aliphatic rings. The first-order valence-corrected chi connectivity index (χ1v) is 11.5. The molecule has 26 heavy (non-hydrogen) atoms. The first-order valence-electron chi connectivity index (χ1n) is 9.15. The van der Waals surface area contributed by atoms with Crippen molar-refractivity contribution < 1.29 is 8.42 Å². The van der Waals surface area contributed by atoms with Crippen molar-refractivity contribution in [1.29, 1.82) is 0 Å². The summed E-state index contributed by atoms with van der Waals surface area (Å²) in [5.74, 6) is 0.690. The molecular formula is C17H33N5O2S2. The second-order valence-corrected chi connectivity index (χ2v) is 8.98. The van der Waals surface area contributed by atoms with Crippen LogP contribution in [0.3, 0.4) is 0 Å². The van der Waals surface area contributed by atoms with Gasteiger partial charge in [-0.1, -0.05) is 19.9 Å². The monoisotopic (exact) mass is 403 g/mol. The van der Waals surface area contributed by atoms with Gasteiger partial charge in [0.1, 0.15) is 4.21 Å². The van der Waals surface area contributed by atoms with Crippen LogP contribution in [0.2, 0.25) is 0 Å². The van der Waals surface area contributed by atoms with Gasteiger partial charge in [-0.3, -0.25) is 4.99 Å². The van der Waals surface area contributed by atoms with Gasteiger partial charge in [0, 0.05) is 26.2 Å². The number of aliphatic imine (C=N–C) groups is 1. The second-order valence-electron chi connectivity index (χ2n) is 6.04. The number of rotatable bonds is 12. The normalized spacial score (nSPS) is 13.8. The Bertz CT molecular complexity index is 613. The van der Waals surface area contributed by atoms with E-state index in [4.69, 9.17) is 0 Å². The van der Waals surface area contributed by atoms with E-state index in [-0.39, 0.29) is 0 Å². The molecule has 0 saturated heterocycles. The predicted octanol–water partition coefficient (Wildman–Crippen LogP) is 1.70. The van der Waals surface area contributed by atoms with Gasteiger partial charge in [0.05, 0.1) is 0 Å². The number of hydrogen-bond donors (Lipinski definition) is 3. The van der Waals surface area contributed by atoms with Crippen LogP contribution < -0.4 is 15.4 Å². The summed E-state index contributed by atoms with van der Waals surface area (Å²) in [7, 11) is -1.69. The minimum Gasteiger partial charge on any atom is -0.355 e. The summed E-state index contributed by atoms with van der Waals surface area (Å²) < 4.78 is 27.0. The molecule has 0 bridgehead atoms. The molecule has 7 nitrogen and oxygen atoms in total. The summed E-state index contributed by atoms with van der Waals surface area (Å²) in [6.07, 6.45) is 2.19. The van der Waals surface area contributed by atoms with Crippen molar-refractivity contribution in [2.75, 3.05) is 39.8 Å². The van der Waals surface area contributed by atoms with E-state index >= 15 is 0 Å². The van der Waals surface area contributed by atoms with Gasteiger partial charge < -0.3 is 15.5 Å². The molecule has 0 aliphatic carbocycles. The van der Waals surface area contributed by atoms with E-state index in [1.54, 1.807) is 24.6 Å². The number of thiophene rings is 1. The summed E-state index contributed by atoms with van der Waals surface area (Å²) in [4.78, 5) is 6.61. The molecule has 1 aromatic heterocycles. The Labute approximate surface area is 162 Å². The van der Waals surface area contributed by atoms with Crippen molar-refractivity contribution >= 4 is 27.3 Å². The van der Waals surface area contributed by atoms with Crippen LogP contribution in [0, 0.1) is 0 Å². The molecule has 1 rings (SSSR count). The molecule has 3 N–H and O–H groups in total. The van der Waals surface area contributed by atoms with E-state index in [2.05, 4.69) is 46.0 Å². The molecule has 0 radical (unpaired) electrons. The van der Waals surface area contributed by atoms with Crippen molar-refractivity contribution in [3.63, 3.8) is 0 Å². The molecule has 0 saturated carbocycles. The maximum atomic E-state index is 12.0. The number of nitrogens with one attached hydrogen (secondary N) is 3. The third-order valence-electron chi connectivity index (χ3n) is 4.08. The number of nitrogens with zero attached hydrogens (tertiary/aromatic N) is 2. The fourth-order valence-corrected chi connectivity index (χ4v) is 4.58. The highest BCUT2D eigenvalue weighted by Crippen LogP contribution is 2.14. The highest BCUT2D eigenvalue weighted by Gasteiger charge is 2.14. The summed E-state index contributed by atoms with van der Waals surface area (Å²) in [5, 5.41) is 8.24. The molecule has 1 unspecified atom stereocenters. The zero-order valence-electron chi connectivity index (χ0n) is 16.3. The van der Waals surface area contributed by atoms with Crippen LogP contribution in [-0.4, -0.2) is 65.1 Å². The van der Waals surface area contributed by atoms with Gasteiger partial charge in [0.2, 0.25) is 10.0 Å². The Kier molecular flexibility index (Phi) is 10.8. The number of sulfonamides is 1. The van der Waals surface area contributed by atoms with Gasteiger partial charge in [-0.15, -0.1) is 11.3 Å². The third kappa shape index (κ3) is 8.48. The fraction of sp³-hybridized carbons (Fsp3) is 0.706. The van der Waals surface area contributed by atoms with Crippen LogP contribution in [0.5, 0.6) is 0 Å². The number of hydrogen-bond acceptors (Lipinski definition) is 5. The van der Waals surface area contributed by atoms with Gasteiger partial charge in [-0.25, -0.2) is 13.1 Å². The summed E-state index contributed by atoms with van der Waals surface area (Å²) in [5.41, 5.74) is 0. The molecule has 0 fully saturated rings. The molecular weight excluding hydrogens is 370 g/mol. The molecule has 1 atom stereocenters. The fourth-order valence-electron chi connectivity index (χ4n) is 2.51. The summed E-state index contributed by atoms with van der Waals surface area (Å²) >= 11 is 1.21. The van der Waals surface area contributed by atoms with Gasteiger partial charge in [-0.05, 0) is 50.8 Å². The lowest BCUT2D eigenvalue weighted by Gasteiger charge is -2.21. The molecule has 0 aliphatic heterocycles. The SMILES string of the molecule is CCN(CC)CCCC(C)NC(=NC)NCCNS(=O)(=O)c1cccs1. The van der Waals surface area contributed by atoms with Crippen LogP contribution in [0.1, 0.15) is 33.6 Å². The Morgan fingerprint density at radius 3 is 2.62 bits per heavy atom. The zero-order valence-corrected chi connectivity index (χ0v) is 17.9. The molecule has 0 amide bonds. The maximum Gasteiger partial charge on any atom is 0.250 e. The molecule has 1 heterocycles. The Hall–Kier alpha value is -1.16. The average Bonchev–Trinajstić information content (AvgIpc) is 3.17.